The highest BCUT2D eigenvalue weighted by molar-refractivity contribution is 5.07. The van der Waals surface area contributed by atoms with Crippen molar-refractivity contribution in [1.82, 2.24) is 19.8 Å². The van der Waals surface area contributed by atoms with Crippen LogP contribution >= 0.6 is 0 Å². The van der Waals surface area contributed by atoms with Gasteiger partial charge < -0.3 is 15.0 Å². The fourth-order valence-electron chi connectivity index (χ4n) is 2.58. The van der Waals surface area contributed by atoms with Gasteiger partial charge in [0.25, 0.3) is 0 Å². The molecule has 0 bridgehead atoms. The molecule has 1 atom stereocenters. The smallest absolute Gasteiger partial charge is 0.0951 e. The van der Waals surface area contributed by atoms with E-state index >= 15 is 0 Å². The maximum Gasteiger partial charge on any atom is 0.0951 e. The highest BCUT2D eigenvalue weighted by Gasteiger charge is 2.24. The minimum absolute atomic E-state index is 0.0646. The lowest BCUT2D eigenvalue weighted by atomic mass is 10.1. The van der Waals surface area contributed by atoms with Gasteiger partial charge in [0.05, 0.1) is 24.7 Å². The topological polar surface area (TPSA) is 53.3 Å². The molecule has 0 saturated carbocycles. The summed E-state index contributed by atoms with van der Waals surface area (Å²) in [5.41, 5.74) is 1.12. The molecule has 1 aliphatic rings. The van der Waals surface area contributed by atoms with Crippen molar-refractivity contribution >= 4 is 0 Å². The van der Waals surface area contributed by atoms with Gasteiger partial charge >= 0.3 is 0 Å². The number of rotatable bonds is 4. The summed E-state index contributed by atoms with van der Waals surface area (Å²) in [6.07, 6.45) is 4.88. The molecule has 2 N–H and O–H groups in total. The Hall–Kier alpha value is -0.910. The minimum atomic E-state index is 0.0646. The summed E-state index contributed by atoms with van der Waals surface area (Å²) in [7, 11) is 0. The molecule has 0 aliphatic carbocycles. The Balaban J connectivity index is 2.18. The van der Waals surface area contributed by atoms with Gasteiger partial charge in [0, 0.05) is 31.9 Å². The summed E-state index contributed by atoms with van der Waals surface area (Å²) in [5, 5.41) is 13.1. The number of nitrogens with one attached hydrogen (secondary N) is 1. The minimum Gasteiger partial charge on any atom is -0.394 e. The second kappa shape index (κ2) is 6.31. The van der Waals surface area contributed by atoms with E-state index in [0.29, 0.717) is 6.04 Å². The SMILES string of the molecule is CC(C)n1cncc1C(CO)N1CCCNCC1. The summed E-state index contributed by atoms with van der Waals surface area (Å²) < 4.78 is 2.15. The van der Waals surface area contributed by atoms with E-state index in [1.54, 1.807) is 0 Å². The van der Waals surface area contributed by atoms with E-state index in [-0.39, 0.29) is 12.6 Å². The molecule has 1 saturated heterocycles. The van der Waals surface area contributed by atoms with E-state index in [0.717, 1.165) is 38.3 Å². The lowest BCUT2D eigenvalue weighted by Gasteiger charge is -2.30. The van der Waals surface area contributed by atoms with Crippen molar-refractivity contribution in [1.29, 1.82) is 0 Å². The van der Waals surface area contributed by atoms with E-state index < -0.39 is 0 Å². The Morgan fingerprint density at radius 1 is 1.39 bits per heavy atom. The van der Waals surface area contributed by atoms with Crippen LogP contribution in [0.25, 0.3) is 0 Å². The van der Waals surface area contributed by atoms with Crippen molar-refractivity contribution in [3.05, 3.63) is 18.2 Å². The summed E-state index contributed by atoms with van der Waals surface area (Å²) in [6, 6.07) is 0.441. The average Bonchev–Trinajstić information content (AvgIpc) is 2.67. The van der Waals surface area contributed by atoms with Gasteiger partial charge in [-0.05, 0) is 26.8 Å². The molecule has 1 unspecified atom stereocenters. The number of aromatic nitrogens is 2. The van der Waals surface area contributed by atoms with Crippen molar-refractivity contribution in [3.63, 3.8) is 0 Å². The first-order valence-corrected chi connectivity index (χ1v) is 6.81. The molecule has 1 aromatic heterocycles. The molecule has 2 rings (SSSR count). The summed E-state index contributed by atoms with van der Waals surface area (Å²) in [6.45, 7) is 8.51. The number of hydrogen-bond donors (Lipinski definition) is 2. The van der Waals surface area contributed by atoms with Crippen LogP contribution in [0, 0.1) is 0 Å². The average molecular weight is 252 g/mol. The Kier molecular flexibility index (Phi) is 4.74. The summed E-state index contributed by atoms with van der Waals surface area (Å²) >= 11 is 0. The van der Waals surface area contributed by atoms with Crippen molar-refractivity contribution in [2.24, 2.45) is 0 Å². The molecule has 0 radical (unpaired) electrons. The van der Waals surface area contributed by atoms with Gasteiger partial charge in [-0.15, -0.1) is 0 Å². The first-order valence-electron chi connectivity index (χ1n) is 6.81. The molecule has 1 aromatic rings. The normalized spacial score (nSPS) is 20.0. The molecule has 5 heteroatoms. The number of aliphatic hydroxyl groups is 1. The fourth-order valence-corrected chi connectivity index (χ4v) is 2.58. The van der Waals surface area contributed by atoms with Gasteiger partial charge in [0.1, 0.15) is 0 Å². The van der Waals surface area contributed by atoms with E-state index in [9.17, 15) is 5.11 Å². The Morgan fingerprint density at radius 2 is 2.22 bits per heavy atom. The highest BCUT2D eigenvalue weighted by atomic mass is 16.3. The zero-order chi connectivity index (χ0) is 13.0. The molecule has 1 aliphatic heterocycles. The summed E-state index contributed by atoms with van der Waals surface area (Å²) in [5.74, 6) is 0. The van der Waals surface area contributed by atoms with Crippen LogP contribution in [0.4, 0.5) is 0 Å². The molecule has 1 fully saturated rings. The van der Waals surface area contributed by atoms with Crippen LogP contribution in [0.3, 0.4) is 0 Å². The maximum atomic E-state index is 9.74. The number of nitrogens with zero attached hydrogens (tertiary/aromatic N) is 3. The summed E-state index contributed by atoms with van der Waals surface area (Å²) in [4.78, 5) is 6.60. The van der Waals surface area contributed by atoms with Crippen molar-refractivity contribution in [2.45, 2.75) is 32.4 Å². The highest BCUT2D eigenvalue weighted by Crippen LogP contribution is 2.23. The van der Waals surface area contributed by atoms with Gasteiger partial charge in [0.2, 0.25) is 0 Å². The molecule has 0 spiro atoms. The number of imidazole rings is 1. The second-order valence-electron chi connectivity index (χ2n) is 5.16. The molecule has 5 nitrogen and oxygen atoms in total. The van der Waals surface area contributed by atoms with E-state index in [1.807, 2.05) is 12.5 Å². The first-order chi connectivity index (χ1) is 8.74. The van der Waals surface area contributed by atoms with Gasteiger partial charge in [-0.25, -0.2) is 4.98 Å². The van der Waals surface area contributed by atoms with Crippen LogP contribution in [-0.2, 0) is 0 Å². The second-order valence-corrected chi connectivity index (χ2v) is 5.16. The predicted octanol–water partition coefficient (Wildman–Crippen LogP) is 0.793. The van der Waals surface area contributed by atoms with Crippen molar-refractivity contribution in [3.8, 4) is 0 Å². The molecule has 18 heavy (non-hydrogen) atoms. The molecular weight excluding hydrogens is 228 g/mol. The van der Waals surface area contributed by atoms with Crippen LogP contribution < -0.4 is 5.32 Å². The Labute approximate surface area is 109 Å². The maximum absolute atomic E-state index is 9.74. The quantitative estimate of drug-likeness (QED) is 0.832. The third-order valence-electron chi connectivity index (χ3n) is 3.58. The van der Waals surface area contributed by atoms with E-state index in [2.05, 4.69) is 33.6 Å². The number of hydrogen-bond acceptors (Lipinski definition) is 4. The van der Waals surface area contributed by atoms with Crippen molar-refractivity contribution in [2.75, 3.05) is 32.8 Å². The predicted molar refractivity (Wildman–Crippen MR) is 71.5 cm³/mol. The van der Waals surface area contributed by atoms with Gasteiger partial charge in [0.15, 0.2) is 0 Å². The third kappa shape index (κ3) is 2.91. The lowest BCUT2D eigenvalue weighted by molar-refractivity contribution is 0.123. The standard InChI is InChI=1S/C13H24N4O/c1-11(2)17-10-15-8-12(17)13(9-18)16-6-3-4-14-5-7-16/h8,10-11,13-14,18H,3-7,9H2,1-2H3. The van der Waals surface area contributed by atoms with Crippen LogP contribution in [0.15, 0.2) is 12.5 Å². The van der Waals surface area contributed by atoms with Gasteiger partial charge in [-0.3, -0.25) is 4.90 Å². The molecule has 2 heterocycles. The molecule has 0 aromatic carbocycles. The van der Waals surface area contributed by atoms with Gasteiger partial charge in [-0.1, -0.05) is 0 Å². The molecular formula is C13H24N4O. The van der Waals surface area contributed by atoms with E-state index in [1.165, 1.54) is 0 Å². The zero-order valence-corrected chi connectivity index (χ0v) is 11.3. The molecule has 0 amide bonds. The monoisotopic (exact) mass is 252 g/mol. The van der Waals surface area contributed by atoms with Crippen LogP contribution in [0.5, 0.6) is 0 Å². The third-order valence-corrected chi connectivity index (χ3v) is 3.58. The largest absolute Gasteiger partial charge is 0.394 e. The van der Waals surface area contributed by atoms with Crippen LogP contribution in [0.2, 0.25) is 0 Å². The van der Waals surface area contributed by atoms with Gasteiger partial charge in [-0.2, -0.15) is 0 Å². The van der Waals surface area contributed by atoms with Crippen molar-refractivity contribution < 1.29 is 5.11 Å². The first kappa shape index (κ1) is 13.5. The van der Waals surface area contributed by atoms with Crippen LogP contribution in [-0.4, -0.2) is 52.3 Å². The zero-order valence-electron chi connectivity index (χ0n) is 11.3. The Bertz CT molecular complexity index is 356. The lowest BCUT2D eigenvalue weighted by Crippen LogP contribution is -2.35. The Morgan fingerprint density at radius 3 is 2.94 bits per heavy atom. The molecule has 102 valence electrons. The van der Waals surface area contributed by atoms with E-state index in [4.69, 9.17) is 0 Å². The van der Waals surface area contributed by atoms with Crippen LogP contribution in [0.1, 0.15) is 38.0 Å². The number of aliphatic hydroxyl groups excluding tert-OH is 1. The fraction of sp³-hybridized carbons (Fsp3) is 0.769.